The summed E-state index contributed by atoms with van der Waals surface area (Å²) < 4.78 is 5.38. The molecule has 1 unspecified atom stereocenters. The molecule has 13 heavy (non-hydrogen) atoms. The SMILES string of the molecule is CCC(C)(N)COCCC(C)(C)O. The van der Waals surface area contributed by atoms with Crippen LogP contribution in [-0.4, -0.2) is 29.5 Å². The summed E-state index contributed by atoms with van der Waals surface area (Å²) in [6.07, 6.45) is 1.54. The fraction of sp³-hybridized carbons (Fsp3) is 1.00. The largest absolute Gasteiger partial charge is 0.390 e. The van der Waals surface area contributed by atoms with Gasteiger partial charge in [-0.3, -0.25) is 0 Å². The van der Waals surface area contributed by atoms with Gasteiger partial charge >= 0.3 is 0 Å². The molecule has 0 fully saturated rings. The Balaban J connectivity index is 3.47. The van der Waals surface area contributed by atoms with Gasteiger partial charge in [-0.15, -0.1) is 0 Å². The van der Waals surface area contributed by atoms with E-state index in [1.54, 1.807) is 13.8 Å². The summed E-state index contributed by atoms with van der Waals surface area (Å²) in [5.74, 6) is 0. The van der Waals surface area contributed by atoms with E-state index in [1.165, 1.54) is 0 Å². The molecule has 0 aromatic carbocycles. The van der Waals surface area contributed by atoms with E-state index >= 15 is 0 Å². The van der Waals surface area contributed by atoms with Crippen LogP contribution in [0.25, 0.3) is 0 Å². The van der Waals surface area contributed by atoms with Crippen molar-refractivity contribution in [3.63, 3.8) is 0 Å². The Morgan fingerprint density at radius 1 is 1.31 bits per heavy atom. The molecule has 0 saturated carbocycles. The van der Waals surface area contributed by atoms with Crippen molar-refractivity contribution in [1.29, 1.82) is 0 Å². The van der Waals surface area contributed by atoms with Crippen molar-refractivity contribution in [2.45, 2.75) is 51.7 Å². The maximum atomic E-state index is 9.39. The molecule has 0 heterocycles. The summed E-state index contributed by atoms with van der Waals surface area (Å²) in [6.45, 7) is 8.68. The molecule has 0 aliphatic carbocycles. The highest BCUT2D eigenvalue weighted by molar-refractivity contribution is 4.75. The minimum atomic E-state index is -0.642. The first-order valence-electron chi connectivity index (χ1n) is 4.86. The van der Waals surface area contributed by atoms with E-state index in [1.807, 2.05) is 13.8 Å². The molecule has 0 spiro atoms. The molecule has 0 saturated heterocycles. The lowest BCUT2D eigenvalue weighted by atomic mass is 10.0. The van der Waals surface area contributed by atoms with Crippen LogP contribution in [0.1, 0.15) is 40.5 Å². The molecule has 0 aromatic heterocycles. The summed E-state index contributed by atoms with van der Waals surface area (Å²) >= 11 is 0. The highest BCUT2D eigenvalue weighted by atomic mass is 16.5. The van der Waals surface area contributed by atoms with Gasteiger partial charge < -0.3 is 15.6 Å². The number of hydrogen-bond donors (Lipinski definition) is 2. The molecule has 0 amide bonds. The lowest BCUT2D eigenvalue weighted by molar-refractivity contribution is 0.0167. The molecule has 80 valence electrons. The van der Waals surface area contributed by atoms with E-state index in [9.17, 15) is 5.11 Å². The Morgan fingerprint density at radius 3 is 2.23 bits per heavy atom. The molecule has 0 rings (SSSR count). The van der Waals surface area contributed by atoms with Crippen molar-refractivity contribution < 1.29 is 9.84 Å². The number of rotatable bonds is 6. The molecule has 0 aromatic rings. The van der Waals surface area contributed by atoms with Gasteiger partial charge in [0.15, 0.2) is 0 Å². The summed E-state index contributed by atoms with van der Waals surface area (Å²) in [5.41, 5.74) is 5.00. The Hall–Kier alpha value is -0.120. The molecule has 0 radical (unpaired) electrons. The molecule has 0 aliphatic heterocycles. The van der Waals surface area contributed by atoms with Crippen LogP contribution in [0.4, 0.5) is 0 Å². The molecule has 0 bridgehead atoms. The van der Waals surface area contributed by atoms with Crippen LogP contribution in [0.2, 0.25) is 0 Å². The van der Waals surface area contributed by atoms with Crippen molar-refractivity contribution in [3.8, 4) is 0 Å². The second-order valence-electron chi connectivity index (χ2n) is 4.62. The first-order chi connectivity index (χ1) is 5.77. The maximum absolute atomic E-state index is 9.39. The average molecular weight is 189 g/mol. The van der Waals surface area contributed by atoms with Crippen LogP contribution >= 0.6 is 0 Å². The minimum absolute atomic E-state index is 0.237. The van der Waals surface area contributed by atoms with Gasteiger partial charge in [0.2, 0.25) is 0 Å². The summed E-state index contributed by atoms with van der Waals surface area (Å²) in [4.78, 5) is 0. The van der Waals surface area contributed by atoms with Crippen LogP contribution in [0, 0.1) is 0 Å². The van der Waals surface area contributed by atoms with Crippen LogP contribution < -0.4 is 5.73 Å². The van der Waals surface area contributed by atoms with E-state index < -0.39 is 5.60 Å². The Morgan fingerprint density at radius 2 is 1.85 bits per heavy atom. The van der Waals surface area contributed by atoms with Crippen molar-refractivity contribution in [2.24, 2.45) is 5.73 Å². The van der Waals surface area contributed by atoms with Gasteiger partial charge in [0.25, 0.3) is 0 Å². The van der Waals surface area contributed by atoms with E-state index in [4.69, 9.17) is 10.5 Å². The normalized spacial score (nSPS) is 17.1. The van der Waals surface area contributed by atoms with Gasteiger partial charge in [0.1, 0.15) is 0 Å². The fourth-order valence-corrected chi connectivity index (χ4v) is 0.729. The van der Waals surface area contributed by atoms with E-state index in [2.05, 4.69) is 0 Å². The van der Waals surface area contributed by atoms with E-state index in [-0.39, 0.29) is 5.54 Å². The third-order valence-electron chi connectivity index (χ3n) is 2.10. The van der Waals surface area contributed by atoms with Crippen LogP contribution in [0.3, 0.4) is 0 Å². The van der Waals surface area contributed by atoms with Gasteiger partial charge in [-0.2, -0.15) is 0 Å². The highest BCUT2D eigenvalue weighted by Crippen LogP contribution is 2.09. The van der Waals surface area contributed by atoms with Crippen LogP contribution in [0.5, 0.6) is 0 Å². The second kappa shape index (κ2) is 4.94. The van der Waals surface area contributed by atoms with Crippen molar-refractivity contribution >= 4 is 0 Å². The molecule has 3 N–H and O–H groups in total. The smallest absolute Gasteiger partial charge is 0.0643 e. The summed E-state index contributed by atoms with van der Waals surface area (Å²) in [6, 6.07) is 0. The maximum Gasteiger partial charge on any atom is 0.0643 e. The number of hydrogen-bond acceptors (Lipinski definition) is 3. The lowest BCUT2D eigenvalue weighted by Crippen LogP contribution is -2.40. The fourth-order valence-electron chi connectivity index (χ4n) is 0.729. The van der Waals surface area contributed by atoms with Crippen molar-refractivity contribution in [1.82, 2.24) is 0 Å². The van der Waals surface area contributed by atoms with Crippen LogP contribution in [-0.2, 0) is 4.74 Å². The quantitative estimate of drug-likeness (QED) is 0.619. The van der Waals surface area contributed by atoms with Gasteiger partial charge in [0.05, 0.1) is 12.2 Å². The Bertz CT molecular complexity index is 138. The average Bonchev–Trinajstić information content (AvgIpc) is 1.97. The Kier molecular flexibility index (Phi) is 4.89. The van der Waals surface area contributed by atoms with E-state index in [0.29, 0.717) is 19.6 Å². The van der Waals surface area contributed by atoms with Gasteiger partial charge in [-0.1, -0.05) is 6.92 Å². The van der Waals surface area contributed by atoms with Gasteiger partial charge in [-0.25, -0.2) is 0 Å². The van der Waals surface area contributed by atoms with Crippen molar-refractivity contribution in [3.05, 3.63) is 0 Å². The zero-order valence-electron chi connectivity index (χ0n) is 9.26. The molecule has 3 heteroatoms. The third kappa shape index (κ3) is 8.22. The van der Waals surface area contributed by atoms with Crippen molar-refractivity contribution in [2.75, 3.05) is 13.2 Å². The van der Waals surface area contributed by atoms with Gasteiger partial charge in [-0.05, 0) is 33.6 Å². The first-order valence-corrected chi connectivity index (χ1v) is 4.86. The zero-order chi connectivity index (χ0) is 10.5. The lowest BCUT2D eigenvalue weighted by Gasteiger charge is -2.23. The molecule has 0 aliphatic rings. The number of nitrogens with two attached hydrogens (primary N) is 1. The second-order valence-corrected chi connectivity index (χ2v) is 4.62. The zero-order valence-corrected chi connectivity index (χ0v) is 9.26. The molecule has 3 nitrogen and oxygen atoms in total. The molecular formula is C10H23NO2. The molecular weight excluding hydrogens is 166 g/mol. The van der Waals surface area contributed by atoms with E-state index in [0.717, 1.165) is 6.42 Å². The van der Waals surface area contributed by atoms with Crippen LogP contribution in [0.15, 0.2) is 0 Å². The first kappa shape index (κ1) is 12.9. The Labute approximate surface area is 81.3 Å². The monoisotopic (exact) mass is 189 g/mol. The predicted molar refractivity (Wildman–Crippen MR) is 54.6 cm³/mol. The standard InChI is InChI=1S/C10H23NO2/c1-5-10(4,11)8-13-7-6-9(2,3)12/h12H,5-8,11H2,1-4H3. The highest BCUT2D eigenvalue weighted by Gasteiger charge is 2.17. The summed E-state index contributed by atoms with van der Waals surface area (Å²) in [7, 11) is 0. The topological polar surface area (TPSA) is 55.5 Å². The minimum Gasteiger partial charge on any atom is -0.390 e. The third-order valence-corrected chi connectivity index (χ3v) is 2.10. The predicted octanol–water partition coefficient (Wildman–Crippen LogP) is 1.29. The molecule has 1 atom stereocenters. The number of ether oxygens (including phenoxy) is 1. The number of aliphatic hydroxyl groups is 1. The summed E-state index contributed by atoms with van der Waals surface area (Å²) in [5, 5.41) is 9.39. The van der Waals surface area contributed by atoms with Gasteiger partial charge in [0, 0.05) is 12.1 Å².